The molecule has 0 radical (unpaired) electrons. The van der Waals surface area contributed by atoms with Gasteiger partial charge in [-0.2, -0.15) is 0 Å². The van der Waals surface area contributed by atoms with E-state index >= 15 is 0 Å². The molecular weight excluding hydrogens is 180 g/mol. The van der Waals surface area contributed by atoms with Crippen LogP contribution in [-0.4, -0.2) is 17.2 Å². The van der Waals surface area contributed by atoms with Crippen LogP contribution in [0, 0.1) is 0 Å². The van der Waals surface area contributed by atoms with Gasteiger partial charge in [-0.25, -0.2) is 0 Å². The van der Waals surface area contributed by atoms with Gasteiger partial charge in [0.1, 0.15) is 6.23 Å². The van der Waals surface area contributed by atoms with E-state index in [-0.39, 0.29) is 5.91 Å². The highest BCUT2D eigenvalue weighted by Crippen LogP contribution is 2.39. The molecule has 0 fully saturated rings. The van der Waals surface area contributed by atoms with Gasteiger partial charge in [-0.15, -0.1) is 0 Å². The molecule has 4 nitrogen and oxygen atoms in total. The summed E-state index contributed by atoms with van der Waals surface area (Å²) >= 11 is 0. The number of aliphatic hydroxyl groups is 1. The predicted octanol–water partition coefficient (Wildman–Crippen LogP) is 0.766. The third-order valence-electron chi connectivity index (χ3n) is 2.45. The Kier molecular flexibility index (Phi) is 1.28. The van der Waals surface area contributed by atoms with Crippen LogP contribution in [0.2, 0.25) is 0 Å². The number of aliphatic hydroxyl groups excluding tert-OH is 1. The number of anilines is 2. The van der Waals surface area contributed by atoms with Crippen molar-refractivity contribution in [1.82, 2.24) is 0 Å². The van der Waals surface area contributed by atoms with E-state index in [1.807, 2.05) is 18.2 Å². The van der Waals surface area contributed by atoms with E-state index in [4.69, 9.17) is 0 Å². The lowest BCUT2D eigenvalue weighted by Gasteiger charge is -2.19. The van der Waals surface area contributed by atoms with Crippen molar-refractivity contribution in [2.24, 2.45) is 0 Å². The molecule has 4 heteroatoms. The lowest BCUT2D eigenvalue weighted by Crippen LogP contribution is -2.21. The van der Waals surface area contributed by atoms with Crippen molar-refractivity contribution >= 4 is 22.9 Å². The van der Waals surface area contributed by atoms with Crippen LogP contribution in [0.5, 0.6) is 0 Å². The third-order valence-corrected chi connectivity index (χ3v) is 2.45. The first-order valence-electron chi connectivity index (χ1n) is 4.37. The van der Waals surface area contributed by atoms with Gasteiger partial charge in [0, 0.05) is 11.3 Å². The molecule has 2 aliphatic rings. The molecule has 1 amide bonds. The van der Waals surface area contributed by atoms with E-state index in [1.54, 1.807) is 0 Å². The van der Waals surface area contributed by atoms with Crippen molar-refractivity contribution in [2.75, 3.05) is 10.6 Å². The van der Waals surface area contributed by atoms with Crippen LogP contribution >= 0.6 is 0 Å². The van der Waals surface area contributed by atoms with Crippen molar-refractivity contribution in [3.05, 3.63) is 29.8 Å². The highest BCUT2D eigenvalue weighted by molar-refractivity contribution is 6.33. The maximum Gasteiger partial charge on any atom is 0.256 e. The van der Waals surface area contributed by atoms with E-state index in [0.29, 0.717) is 5.57 Å². The minimum atomic E-state index is -0.781. The van der Waals surface area contributed by atoms with Gasteiger partial charge in [0.25, 0.3) is 5.91 Å². The van der Waals surface area contributed by atoms with Crippen molar-refractivity contribution in [2.45, 2.75) is 6.23 Å². The first kappa shape index (κ1) is 7.58. The average molecular weight is 188 g/mol. The maximum absolute atomic E-state index is 11.5. The molecule has 0 spiro atoms. The Bertz CT molecular complexity index is 465. The number of hydrogen-bond acceptors (Lipinski definition) is 3. The van der Waals surface area contributed by atoms with Gasteiger partial charge < -0.3 is 15.7 Å². The van der Waals surface area contributed by atoms with Crippen molar-refractivity contribution < 1.29 is 9.90 Å². The van der Waals surface area contributed by atoms with Gasteiger partial charge in [-0.1, -0.05) is 6.07 Å². The largest absolute Gasteiger partial charge is 0.370 e. The third kappa shape index (κ3) is 0.831. The number of benzene rings is 1. The highest BCUT2D eigenvalue weighted by Gasteiger charge is 2.30. The number of rotatable bonds is 0. The summed E-state index contributed by atoms with van der Waals surface area (Å²) in [6, 6.07) is 5.52. The van der Waals surface area contributed by atoms with Gasteiger partial charge in [-0.05, 0) is 18.2 Å². The van der Waals surface area contributed by atoms with Crippen LogP contribution in [0.4, 0.5) is 11.4 Å². The van der Waals surface area contributed by atoms with Crippen LogP contribution < -0.4 is 10.6 Å². The first-order chi connectivity index (χ1) is 6.75. The molecule has 1 aromatic carbocycles. The molecular formula is C10H8N2O2. The van der Waals surface area contributed by atoms with Crippen LogP contribution in [-0.2, 0) is 4.79 Å². The van der Waals surface area contributed by atoms with E-state index in [0.717, 1.165) is 16.9 Å². The van der Waals surface area contributed by atoms with Gasteiger partial charge >= 0.3 is 0 Å². The molecule has 0 saturated heterocycles. The maximum atomic E-state index is 11.5. The number of hydrogen-bond donors (Lipinski definition) is 3. The number of carbonyl (C=O) groups is 1. The fourth-order valence-corrected chi connectivity index (χ4v) is 1.89. The summed E-state index contributed by atoms with van der Waals surface area (Å²) in [6.07, 6.45) is 0.741. The molecule has 0 bridgehead atoms. The Balaban J connectivity index is 2.31. The summed E-state index contributed by atoms with van der Waals surface area (Å²) in [6.45, 7) is 0. The van der Waals surface area contributed by atoms with E-state index in [9.17, 15) is 9.90 Å². The van der Waals surface area contributed by atoms with Gasteiger partial charge in [0.2, 0.25) is 0 Å². The van der Waals surface area contributed by atoms with Crippen molar-refractivity contribution in [1.29, 1.82) is 0 Å². The molecule has 1 unspecified atom stereocenters. The van der Waals surface area contributed by atoms with Crippen molar-refractivity contribution in [3.8, 4) is 0 Å². The molecule has 3 rings (SSSR count). The lowest BCUT2D eigenvalue weighted by atomic mass is 10.0. The van der Waals surface area contributed by atoms with E-state index in [2.05, 4.69) is 10.6 Å². The number of carbonyl (C=O) groups excluding carboxylic acids is 1. The Morgan fingerprint density at radius 2 is 2.07 bits per heavy atom. The minimum Gasteiger partial charge on any atom is -0.370 e. The van der Waals surface area contributed by atoms with Gasteiger partial charge in [0.05, 0.1) is 11.3 Å². The smallest absolute Gasteiger partial charge is 0.256 e. The molecule has 0 saturated carbocycles. The molecule has 1 aromatic rings. The van der Waals surface area contributed by atoms with Gasteiger partial charge in [0.15, 0.2) is 0 Å². The molecule has 0 aliphatic carbocycles. The van der Waals surface area contributed by atoms with Crippen LogP contribution in [0.1, 0.15) is 5.56 Å². The average Bonchev–Trinajstić information content (AvgIpc) is 2.45. The molecule has 70 valence electrons. The summed E-state index contributed by atoms with van der Waals surface area (Å²) in [5.74, 6) is -0.145. The Hall–Kier alpha value is -1.81. The molecule has 3 N–H and O–H groups in total. The Labute approximate surface area is 80.2 Å². The molecule has 0 aromatic heterocycles. The first-order valence-corrected chi connectivity index (χ1v) is 4.37. The highest BCUT2D eigenvalue weighted by atomic mass is 16.3. The zero-order valence-corrected chi connectivity index (χ0v) is 7.24. The summed E-state index contributed by atoms with van der Waals surface area (Å²) in [5.41, 5.74) is 3.02. The van der Waals surface area contributed by atoms with Crippen LogP contribution in [0.3, 0.4) is 0 Å². The fourth-order valence-electron chi connectivity index (χ4n) is 1.89. The zero-order chi connectivity index (χ0) is 9.71. The van der Waals surface area contributed by atoms with Gasteiger partial charge in [-0.3, -0.25) is 4.79 Å². The second-order valence-corrected chi connectivity index (χ2v) is 3.35. The normalized spacial score (nSPS) is 22.2. The zero-order valence-electron chi connectivity index (χ0n) is 7.24. The quantitative estimate of drug-likeness (QED) is 0.563. The lowest BCUT2D eigenvalue weighted by molar-refractivity contribution is -0.110. The summed E-state index contributed by atoms with van der Waals surface area (Å²) in [7, 11) is 0. The second kappa shape index (κ2) is 2.36. The molecule has 2 aliphatic heterocycles. The minimum absolute atomic E-state index is 0.145. The summed E-state index contributed by atoms with van der Waals surface area (Å²) in [4.78, 5) is 11.5. The Morgan fingerprint density at radius 3 is 2.93 bits per heavy atom. The van der Waals surface area contributed by atoms with E-state index < -0.39 is 6.23 Å². The van der Waals surface area contributed by atoms with Crippen LogP contribution in [0.25, 0.3) is 5.57 Å². The second-order valence-electron chi connectivity index (χ2n) is 3.35. The van der Waals surface area contributed by atoms with Crippen LogP contribution in [0.15, 0.2) is 24.3 Å². The SMILES string of the molecule is O=C1Nc2cccc3c2C1=CC(O)N3. The fraction of sp³-hybridized carbons (Fsp3) is 0.100. The molecule has 1 atom stereocenters. The predicted molar refractivity (Wildman–Crippen MR) is 52.7 cm³/mol. The Morgan fingerprint density at radius 1 is 1.29 bits per heavy atom. The standard InChI is InChI=1S/C10H8N2O2/c13-8-4-5-9-6(11-8)2-1-3-7(9)12-10(5)14/h1-4,8,11,13H,(H,12,14). The molecule has 2 heterocycles. The van der Waals surface area contributed by atoms with E-state index in [1.165, 1.54) is 6.08 Å². The van der Waals surface area contributed by atoms with Crippen molar-refractivity contribution in [3.63, 3.8) is 0 Å². The number of amides is 1. The summed E-state index contributed by atoms with van der Waals surface area (Å²) in [5, 5.41) is 15.1. The topological polar surface area (TPSA) is 61.4 Å². The number of nitrogens with one attached hydrogen (secondary N) is 2. The molecule has 14 heavy (non-hydrogen) atoms. The monoisotopic (exact) mass is 188 g/mol. The summed E-state index contributed by atoms with van der Waals surface area (Å²) < 4.78 is 0.